The molecular formula is C12H16N2O4. The Morgan fingerprint density at radius 3 is 2.72 bits per heavy atom. The maximum absolute atomic E-state index is 10.5. The summed E-state index contributed by atoms with van der Waals surface area (Å²) in [6.45, 7) is 5.46. The molecule has 6 heteroatoms. The minimum absolute atomic E-state index is 0.0896. The van der Waals surface area contributed by atoms with Crippen LogP contribution in [0.2, 0.25) is 0 Å². The van der Waals surface area contributed by atoms with Crippen molar-refractivity contribution in [3.05, 3.63) is 18.2 Å². The number of carbonyl (C=O) groups is 1. The van der Waals surface area contributed by atoms with E-state index in [0.717, 1.165) is 13.1 Å². The van der Waals surface area contributed by atoms with E-state index in [1.165, 1.54) is 6.07 Å². The quantitative estimate of drug-likeness (QED) is 0.808. The van der Waals surface area contributed by atoms with E-state index in [0.29, 0.717) is 5.82 Å². The summed E-state index contributed by atoms with van der Waals surface area (Å²) < 4.78 is 10.2. The van der Waals surface area contributed by atoms with Gasteiger partial charge < -0.3 is 19.5 Å². The Balaban J connectivity index is 2.14. The molecule has 1 fully saturated rings. The molecule has 0 saturated carbocycles. The van der Waals surface area contributed by atoms with E-state index in [9.17, 15) is 4.79 Å². The zero-order valence-electron chi connectivity index (χ0n) is 10.4. The van der Waals surface area contributed by atoms with Crippen LogP contribution in [0.4, 0.5) is 10.6 Å². The van der Waals surface area contributed by atoms with Crippen molar-refractivity contribution in [3.8, 4) is 5.88 Å². The lowest BCUT2D eigenvalue weighted by Crippen LogP contribution is -2.45. The number of anilines is 1. The molecule has 2 heterocycles. The van der Waals surface area contributed by atoms with Crippen LogP contribution in [0.1, 0.15) is 13.8 Å². The van der Waals surface area contributed by atoms with Crippen LogP contribution in [0.25, 0.3) is 0 Å². The second-order valence-electron chi connectivity index (χ2n) is 4.36. The minimum Gasteiger partial charge on any atom is -0.449 e. The average Bonchev–Trinajstić information content (AvgIpc) is 2.27. The maximum Gasteiger partial charge on any atom is 0.512 e. The molecule has 1 N–H and O–H groups in total. The summed E-state index contributed by atoms with van der Waals surface area (Å²) in [4.78, 5) is 16.7. The average molecular weight is 252 g/mol. The van der Waals surface area contributed by atoms with Gasteiger partial charge in [-0.3, -0.25) is 0 Å². The topological polar surface area (TPSA) is 71.9 Å². The Bertz CT molecular complexity index is 428. The molecule has 1 saturated heterocycles. The third-order valence-electron chi connectivity index (χ3n) is 2.64. The number of pyridine rings is 1. The van der Waals surface area contributed by atoms with Crippen molar-refractivity contribution >= 4 is 12.0 Å². The molecule has 2 atom stereocenters. The fraction of sp³-hybridized carbons (Fsp3) is 0.500. The lowest BCUT2D eigenvalue weighted by molar-refractivity contribution is -0.00550. The Morgan fingerprint density at radius 1 is 1.44 bits per heavy atom. The molecule has 1 aliphatic heterocycles. The lowest BCUT2D eigenvalue weighted by Gasteiger charge is -2.36. The fourth-order valence-electron chi connectivity index (χ4n) is 2.09. The normalized spacial score (nSPS) is 23.8. The molecule has 0 radical (unpaired) electrons. The van der Waals surface area contributed by atoms with Crippen molar-refractivity contribution in [2.24, 2.45) is 0 Å². The maximum atomic E-state index is 10.5. The molecule has 1 aliphatic rings. The van der Waals surface area contributed by atoms with E-state index in [1.54, 1.807) is 6.07 Å². The predicted octanol–water partition coefficient (Wildman–Crippen LogP) is 1.75. The number of aromatic nitrogens is 1. The molecule has 0 aromatic carbocycles. The van der Waals surface area contributed by atoms with Gasteiger partial charge in [0.15, 0.2) is 0 Å². The van der Waals surface area contributed by atoms with E-state index in [4.69, 9.17) is 9.84 Å². The van der Waals surface area contributed by atoms with E-state index in [-0.39, 0.29) is 18.1 Å². The fourth-order valence-corrected chi connectivity index (χ4v) is 2.09. The molecule has 1 aromatic heterocycles. The SMILES string of the molecule is C[C@@H]1CN(c2cccc(OC(=O)O)n2)C[C@H](C)O1. The molecule has 0 bridgehead atoms. The van der Waals surface area contributed by atoms with Crippen molar-refractivity contribution in [2.75, 3.05) is 18.0 Å². The number of ether oxygens (including phenoxy) is 2. The van der Waals surface area contributed by atoms with Crippen LogP contribution in [0, 0.1) is 0 Å². The van der Waals surface area contributed by atoms with E-state index < -0.39 is 6.16 Å². The summed E-state index contributed by atoms with van der Waals surface area (Å²) in [6, 6.07) is 5.08. The summed E-state index contributed by atoms with van der Waals surface area (Å²) in [6.07, 6.45) is -1.11. The highest BCUT2D eigenvalue weighted by atomic mass is 16.7. The van der Waals surface area contributed by atoms with E-state index in [1.807, 2.05) is 19.9 Å². The Kier molecular flexibility index (Phi) is 3.66. The molecule has 0 spiro atoms. The molecule has 0 aliphatic carbocycles. The summed E-state index contributed by atoms with van der Waals surface area (Å²) in [5.41, 5.74) is 0. The summed E-state index contributed by atoms with van der Waals surface area (Å²) in [5.74, 6) is 0.794. The number of carboxylic acid groups (broad SMARTS) is 1. The van der Waals surface area contributed by atoms with Gasteiger partial charge in [0.2, 0.25) is 5.88 Å². The highest BCUT2D eigenvalue weighted by Gasteiger charge is 2.23. The number of nitrogens with zero attached hydrogens (tertiary/aromatic N) is 2. The second-order valence-corrected chi connectivity index (χ2v) is 4.36. The monoisotopic (exact) mass is 252 g/mol. The minimum atomic E-state index is -1.36. The van der Waals surface area contributed by atoms with Crippen LogP contribution < -0.4 is 9.64 Å². The Labute approximate surface area is 105 Å². The summed E-state index contributed by atoms with van der Waals surface area (Å²) in [7, 11) is 0. The highest BCUT2D eigenvalue weighted by molar-refractivity contribution is 5.60. The van der Waals surface area contributed by atoms with Crippen LogP contribution in [0.3, 0.4) is 0 Å². The number of hydrogen-bond donors (Lipinski definition) is 1. The van der Waals surface area contributed by atoms with E-state index >= 15 is 0 Å². The first-order valence-electron chi connectivity index (χ1n) is 5.83. The largest absolute Gasteiger partial charge is 0.512 e. The molecule has 0 unspecified atom stereocenters. The number of morpholine rings is 1. The van der Waals surface area contributed by atoms with Gasteiger partial charge in [0.1, 0.15) is 5.82 Å². The first-order valence-corrected chi connectivity index (χ1v) is 5.83. The highest BCUT2D eigenvalue weighted by Crippen LogP contribution is 2.20. The zero-order chi connectivity index (χ0) is 13.1. The number of rotatable bonds is 2. The molecular weight excluding hydrogens is 236 g/mol. The van der Waals surface area contributed by atoms with Gasteiger partial charge in [-0.15, -0.1) is 0 Å². The van der Waals surface area contributed by atoms with Crippen molar-refractivity contribution in [1.82, 2.24) is 4.98 Å². The standard InChI is InChI=1S/C12H16N2O4/c1-8-6-14(7-9(2)17-8)10-4-3-5-11(13-10)18-12(15)16/h3-5,8-9H,6-7H2,1-2H3,(H,15,16)/t8-,9+. The third kappa shape index (κ3) is 3.10. The molecule has 6 nitrogen and oxygen atoms in total. The first kappa shape index (κ1) is 12.6. The van der Waals surface area contributed by atoms with Crippen LogP contribution >= 0.6 is 0 Å². The molecule has 98 valence electrons. The third-order valence-corrected chi connectivity index (χ3v) is 2.64. The van der Waals surface area contributed by atoms with E-state index in [2.05, 4.69) is 14.6 Å². The van der Waals surface area contributed by atoms with Gasteiger partial charge in [-0.05, 0) is 19.9 Å². The van der Waals surface area contributed by atoms with Gasteiger partial charge in [0, 0.05) is 19.2 Å². The van der Waals surface area contributed by atoms with Gasteiger partial charge in [-0.1, -0.05) is 6.07 Å². The Morgan fingerprint density at radius 2 is 2.11 bits per heavy atom. The number of hydrogen-bond acceptors (Lipinski definition) is 5. The lowest BCUT2D eigenvalue weighted by atomic mass is 10.2. The van der Waals surface area contributed by atoms with Gasteiger partial charge in [-0.2, -0.15) is 4.98 Å². The van der Waals surface area contributed by atoms with Gasteiger partial charge in [-0.25, -0.2) is 4.79 Å². The summed E-state index contributed by atoms with van der Waals surface area (Å²) in [5, 5.41) is 8.56. The predicted molar refractivity (Wildman–Crippen MR) is 65.1 cm³/mol. The second kappa shape index (κ2) is 5.22. The van der Waals surface area contributed by atoms with Gasteiger partial charge >= 0.3 is 6.16 Å². The molecule has 0 amide bonds. The van der Waals surface area contributed by atoms with Crippen LogP contribution in [0.15, 0.2) is 18.2 Å². The van der Waals surface area contributed by atoms with Crippen molar-refractivity contribution < 1.29 is 19.4 Å². The van der Waals surface area contributed by atoms with Crippen molar-refractivity contribution in [1.29, 1.82) is 0 Å². The first-order chi connectivity index (χ1) is 8.54. The smallest absolute Gasteiger partial charge is 0.449 e. The Hall–Kier alpha value is -1.82. The van der Waals surface area contributed by atoms with Crippen LogP contribution in [0.5, 0.6) is 5.88 Å². The van der Waals surface area contributed by atoms with Gasteiger partial charge in [0.05, 0.1) is 12.2 Å². The zero-order valence-corrected chi connectivity index (χ0v) is 10.4. The van der Waals surface area contributed by atoms with Gasteiger partial charge in [0.25, 0.3) is 0 Å². The van der Waals surface area contributed by atoms with Crippen LogP contribution in [-0.2, 0) is 4.74 Å². The summed E-state index contributed by atoms with van der Waals surface area (Å²) >= 11 is 0. The van der Waals surface area contributed by atoms with Crippen molar-refractivity contribution in [2.45, 2.75) is 26.1 Å². The molecule has 1 aromatic rings. The molecule has 2 rings (SSSR count). The molecule has 18 heavy (non-hydrogen) atoms. The van der Waals surface area contributed by atoms with Crippen LogP contribution in [-0.4, -0.2) is 41.5 Å². The van der Waals surface area contributed by atoms with Crippen molar-refractivity contribution in [3.63, 3.8) is 0 Å².